The van der Waals surface area contributed by atoms with Crippen LogP contribution in [-0.2, 0) is 0 Å². The van der Waals surface area contributed by atoms with E-state index in [9.17, 15) is 4.79 Å². The smallest absolute Gasteiger partial charge is 0.266 e. The van der Waals surface area contributed by atoms with Crippen molar-refractivity contribution in [3.8, 4) is 11.4 Å². The number of pyridine rings is 1. The first-order chi connectivity index (χ1) is 19.2. The van der Waals surface area contributed by atoms with E-state index in [-0.39, 0.29) is 11.6 Å². The summed E-state index contributed by atoms with van der Waals surface area (Å²) in [7, 11) is 0. The molecule has 3 aromatic heterocycles. The minimum absolute atomic E-state index is 0.107. The summed E-state index contributed by atoms with van der Waals surface area (Å²) in [5, 5.41) is 11.6. The van der Waals surface area contributed by atoms with Gasteiger partial charge in [-0.2, -0.15) is 14.6 Å². The molecule has 0 unspecified atom stereocenters. The highest BCUT2D eigenvalue weighted by molar-refractivity contribution is 7.15. The number of aromatic nitrogens is 4. The van der Waals surface area contributed by atoms with Gasteiger partial charge < -0.3 is 0 Å². The number of fused-ring (bicyclic) bond motifs is 1. The SMILES string of the molecule is O=c1/c(=C/c2ccc(N3N=C(c4ccccc4)C[C@@H]3c3ccccc3)cc2)sc2nc(-c3ccncc3)nn12. The van der Waals surface area contributed by atoms with Crippen LogP contribution in [0.25, 0.3) is 22.4 Å². The highest BCUT2D eigenvalue weighted by atomic mass is 32.1. The first kappa shape index (κ1) is 23.2. The molecule has 0 fully saturated rings. The molecule has 0 saturated heterocycles. The fourth-order valence-corrected chi connectivity index (χ4v) is 5.73. The Kier molecular flexibility index (Phi) is 5.79. The van der Waals surface area contributed by atoms with Crippen LogP contribution in [0.5, 0.6) is 0 Å². The minimum atomic E-state index is -0.173. The lowest BCUT2D eigenvalue weighted by molar-refractivity contribution is 0.709. The third kappa shape index (κ3) is 4.41. The molecule has 8 heteroatoms. The Hall–Kier alpha value is -4.95. The van der Waals surface area contributed by atoms with Crippen molar-refractivity contribution >= 4 is 33.8 Å². The topological polar surface area (TPSA) is 75.8 Å². The van der Waals surface area contributed by atoms with Gasteiger partial charge in [-0.15, -0.1) is 5.10 Å². The van der Waals surface area contributed by atoms with Gasteiger partial charge in [-0.1, -0.05) is 84.1 Å². The lowest BCUT2D eigenvalue weighted by atomic mass is 9.98. The molecule has 0 bridgehead atoms. The zero-order chi connectivity index (χ0) is 26.2. The molecule has 0 aliphatic carbocycles. The number of hydrogen-bond acceptors (Lipinski definition) is 7. The van der Waals surface area contributed by atoms with Crippen molar-refractivity contribution in [3.63, 3.8) is 0 Å². The fourth-order valence-electron chi connectivity index (χ4n) is 4.82. The predicted molar refractivity (Wildman–Crippen MR) is 155 cm³/mol. The molecule has 188 valence electrons. The summed E-state index contributed by atoms with van der Waals surface area (Å²) in [6.07, 6.45) is 6.08. The van der Waals surface area contributed by atoms with Crippen LogP contribution in [-0.4, -0.2) is 25.3 Å². The monoisotopic (exact) mass is 526 g/mol. The largest absolute Gasteiger partial charge is 0.291 e. The molecule has 39 heavy (non-hydrogen) atoms. The number of thiazole rings is 1. The number of rotatable bonds is 5. The molecule has 6 aromatic rings. The highest BCUT2D eigenvalue weighted by Crippen LogP contribution is 2.36. The van der Waals surface area contributed by atoms with E-state index < -0.39 is 0 Å². The van der Waals surface area contributed by atoms with Crippen LogP contribution in [0.3, 0.4) is 0 Å². The van der Waals surface area contributed by atoms with Crippen LogP contribution >= 0.6 is 11.3 Å². The zero-order valence-electron chi connectivity index (χ0n) is 20.8. The summed E-state index contributed by atoms with van der Waals surface area (Å²) in [5.41, 5.74) is 6.01. The van der Waals surface area contributed by atoms with E-state index in [1.54, 1.807) is 12.4 Å². The maximum absolute atomic E-state index is 13.0. The van der Waals surface area contributed by atoms with Crippen LogP contribution in [0.15, 0.2) is 119 Å². The van der Waals surface area contributed by atoms with E-state index in [1.807, 2.05) is 54.6 Å². The van der Waals surface area contributed by atoms with Crippen LogP contribution < -0.4 is 15.1 Å². The lowest BCUT2D eigenvalue weighted by Gasteiger charge is -2.24. The second-order valence-electron chi connectivity index (χ2n) is 9.26. The van der Waals surface area contributed by atoms with Gasteiger partial charge in [-0.3, -0.25) is 14.8 Å². The average molecular weight is 527 g/mol. The quantitative estimate of drug-likeness (QED) is 0.312. The van der Waals surface area contributed by atoms with Crippen molar-refractivity contribution in [2.45, 2.75) is 12.5 Å². The summed E-state index contributed by atoms with van der Waals surface area (Å²) in [6.45, 7) is 0. The molecule has 0 spiro atoms. The van der Waals surface area contributed by atoms with Gasteiger partial charge in [0.05, 0.1) is 22.0 Å². The van der Waals surface area contributed by atoms with Gasteiger partial charge in [0.15, 0.2) is 5.82 Å². The molecular weight excluding hydrogens is 504 g/mol. The molecule has 1 aliphatic rings. The summed E-state index contributed by atoms with van der Waals surface area (Å²) in [4.78, 5) is 22.2. The van der Waals surface area contributed by atoms with Gasteiger partial charge in [0.25, 0.3) is 5.56 Å². The third-order valence-electron chi connectivity index (χ3n) is 6.78. The Morgan fingerprint density at radius 1 is 0.821 bits per heavy atom. The average Bonchev–Trinajstić information content (AvgIpc) is 3.70. The van der Waals surface area contributed by atoms with E-state index in [0.29, 0.717) is 15.3 Å². The van der Waals surface area contributed by atoms with Crippen LogP contribution in [0.1, 0.15) is 29.2 Å². The normalized spacial score (nSPS) is 15.7. The molecule has 0 N–H and O–H groups in total. The van der Waals surface area contributed by atoms with E-state index in [1.165, 1.54) is 21.4 Å². The molecule has 1 aliphatic heterocycles. The van der Waals surface area contributed by atoms with Crippen LogP contribution in [0.4, 0.5) is 5.69 Å². The number of benzene rings is 3. The highest BCUT2D eigenvalue weighted by Gasteiger charge is 2.29. The van der Waals surface area contributed by atoms with Crippen LogP contribution in [0, 0.1) is 0 Å². The van der Waals surface area contributed by atoms with E-state index in [2.05, 4.69) is 68.6 Å². The van der Waals surface area contributed by atoms with Gasteiger partial charge in [0.1, 0.15) is 0 Å². The maximum Gasteiger partial charge on any atom is 0.291 e. The summed E-state index contributed by atoms with van der Waals surface area (Å²) >= 11 is 1.33. The van der Waals surface area contributed by atoms with Crippen molar-refractivity contribution < 1.29 is 0 Å². The van der Waals surface area contributed by atoms with Crippen molar-refractivity contribution in [1.29, 1.82) is 0 Å². The Morgan fingerprint density at radius 3 is 2.26 bits per heavy atom. The number of hydrazone groups is 1. The minimum Gasteiger partial charge on any atom is -0.266 e. The van der Waals surface area contributed by atoms with Crippen molar-refractivity contribution in [3.05, 3.63) is 141 Å². The van der Waals surface area contributed by atoms with Crippen molar-refractivity contribution in [2.75, 3.05) is 5.01 Å². The molecule has 4 heterocycles. The molecule has 0 saturated carbocycles. The summed E-state index contributed by atoms with van der Waals surface area (Å²) in [5.74, 6) is 0.519. The Balaban J connectivity index is 1.20. The van der Waals surface area contributed by atoms with Gasteiger partial charge >= 0.3 is 0 Å². The Morgan fingerprint density at radius 2 is 1.54 bits per heavy atom. The molecule has 0 amide bonds. The second-order valence-corrected chi connectivity index (χ2v) is 10.3. The molecule has 7 nitrogen and oxygen atoms in total. The van der Waals surface area contributed by atoms with E-state index in [0.717, 1.165) is 34.5 Å². The predicted octanol–water partition coefficient (Wildman–Crippen LogP) is 5.12. The third-order valence-corrected chi connectivity index (χ3v) is 7.74. The standard InChI is InChI=1S/C31H22N6OS/c38-30-28(39-31-33-29(35-37(30)31)24-15-17-32-18-16-24)19-21-11-13-25(14-12-21)36-27(23-9-5-2-6-10-23)20-26(34-36)22-7-3-1-4-8-22/h1-19,27H,20H2/b28-19-/t27-/m1/s1. The lowest BCUT2D eigenvalue weighted by Crippen LogP contribution is -2.23. The first-order valence-electron chi connectivity index (χ1n) is 12.6. The Labute approximate surface area is 228 Å². The van der Waals surface area contributed by atoms with Gasteiger partial charge in [-0.05, 0) is 47.0 Å². The summed E-state index contributed by atoms with van der Waals surface area (Å²) in [6, 6.07) is 32.7. The molecule has 3 aromatic carbocycles. The van der Waals surface area contributed by atoms with Gasteiger partial charge in [0, 0.05) is 24.4 Å². The second kappa shape index (κ2) is 9.74. The molecular formula is C31H22N6OS. The fraction of sp³-hybridized carbons (Fsp3) is 0.0645. The van der Waals surface area contributed by atoms with Gasteiger partial charge in [0.2, 0.25) is 4.96 Å². The van der Waals surface area contributed by atoms with Crippen molar-refractivity contribution in [2.24, 2.45) is 5.10 Å². The number of nitrogens with zero attached hydrogens (tertiary/aromatic N) is 6. The number of hydrogen-bond donors (Lipinski definition) is 0. The van der Waals surface area contributed by atoms with E-state index >= 15 is 0 Å². The number of anilines is 1. The molecule has 0 radical (unpaired) electrons. The maximum atomic E-state index is 13.0. The Bertz CT molecular complexity index is 1900. The first-order valence-corrected chi connectivity index (χ1v) is 13.4. The van der Waals surface area contributed by atoms with Gasteiger partial charge in [-0.25, -0.2) is 0 Å². The molecule has 1 atom stereocenters. The zero-order valence-corrected chi connectivity index (χ0v) is 21.6. The van der Waals surface area contributed by atoms with Crippen molar-refractivity contribution in [1.82, 2.24) is 19.6 Å². The summed E-state index contributed by atoms with van der Waals surface area (Å²) < 4.78 is 1.96. The van der Waals surface area contributed by atoms with Crippen LogP contribution in [0.2, 0.25) is 0 Å². The molecule has 7 rings (SSSR count). The van der Waals surface area contributed by atoms with E-state index in [4.69, 9.17) is 5.10 Å².